The van der Waals surface area contributed by atoms with Crippen LogP contribution in [0.15, 0.2) is 12.4 Å². The van der Waals surface area contributed by atoms with Gasteiger partial charge in [0.1, 0.15) is 6.10 Å². The van der Waals surface area contributed by atoms with Crippen molar-refractivity contribution in [2.75, 3.05) is 20.1 Å². The van der Waals surface area contributed by atoms with Crippen molar-refractivity contribution in [1.82, 2.24) is 14.9 Å². The van der Waals surface area contributed by atoms with E-state index < -0.39 is 11.7 Å². The minimum absolute atomic E-state index is 0.00306. The zero-order valence-corrected chi connectivity index (χ0v) is 9.94. The van der Waals surface area contributed by atoms with Gasteiger partial charge in [0.2, 0.25) is 0 Å². The van der Waals surface area contributed by atoms with Gasteiger partial charge in [-0.3, -0.25) is 0 Å². The number of piperidine rings is 1. The summed E-state index contributed by atoms with van der Waals surface area (Å²) in [7, 11) is 1.98. The van der Waals surface area contributed by atoms with Crippen molar-refractivity contribution in [3.8, 4) is 6.01 Å². The Balaban J connectivity index is 1.98. The lowest BCUT2D eigenvalue weighted by Crippen LogP contribution is -2.38. The fourth-order valence-electron chi connectivity index (χ4n) is 1.89. The fraction of sp³-hybridized carbons (Fsp3) is 0.636. The van der Waals surface area contributed by atoms with E-state index in [4.69, 9.17) is 4.74 Å². The molecule has 0 radical (unpaired) electrons. The predicted molar refractivity (Wildman–Crippen MR) is 58.2 cm³/mol. The third-order valence-corrected chi connectivity index (χ3v) is 2.81. The summed E-state index contributed by atoms with van der Waals surface area (Å²) in [6.07, 6.45) is -1.11. The van der Waals surface area contributed by atoms with E-state index in [0.717, 1.165) is 38.3 Å². The van der Waals surface area contributed by atoms with Crippen LogP contribution in [0.25, 0.3) is 0 Å². The summed E-state index contributed by atoms with van der Waals surface area (Å²) < 4.78 is 42.4. The molecule has 0 N–H and O–H groups in total. The number of rotatable bonds is 2. The Morgan fingerprint density at radius 3 is 2.56 bits per heavy atom. The highest BCUT2D eigenvalue weighted by molar-refractivity contribution is 5.11. The van der Waals surface area contributed by atoms with Gasteiger partial charge in [-0.2, -0.15) is 13.2 Å². The zero-order chi connectivity index (χ0) is 13.2. The number of aromatic nitrogens is 2. The third-order valence-electron chi connectivity index (χ3n) is 2.81. The van der Waals surface area contributed by atoms with E-state index in [1.165, 1.54) is 0 Å². The molecule has 1 aliphatic rings. The Labute approximate surface area is 103 Å². The van der Waals surface area contributed by atoms with Gasteiger partial charge in [0.25, 0.3) is 0 Å². The lowest BCUT2D eigenvalue weighted by molar-refractivity contribution is -0.138. The molecule has 1 aromatic heterocycles. The molecule has 0 aromatic carbocycles. The first-order chi connectivity index (χ1) is 8.45. The molecule has 0 bridgehead atoms. The van der Waals surface area contributed by atoms with Crippen LogP contribution in [0.4, 0.5) is 13.2 Å². The molecular formula is C11H14F3N3O. The predicted octanol–water partition coefficient (Wildman–Crippen LogP) is 1.97. The number of halogens is 3. The number of hydrogen-bond acceptors (Lipinski definition) is 4. The van der Waals surface area contributed by atoms with Crippen LogP contribution in [0.2, 0.25) is 0 Å². The Morgan fingerprint density at radius 1 is 1.33 bits per heavy atom. The van der Waals surface area contributed by atoms with Gasteiger partial charge in [0.05, 0.1) is 5.56 Å². The number of likely N-dealkylation sites (tertiary alicyclic amines) is 1. The van der Waals surface area contributed by atoms with Gasteiger partial charge in [-0.25, -0.2) is 9.97 Å². The molecule has 0 spiro atoms. The van der Waals surface area contributed by atoms with Crippen LogP contribution in [-0.2, 0) is 6.18 Å². The molecule has 1 aliphatic heterocycles. The van der Waals surface area contributed by atoms with Gasteiger partial charge in [-0.1, -0.05) is 0 Å². The second-order valence-electron chi connectivity index (χ2n) is 4.40. The number of ether oxygens (including phenoxy) is 1. The number of nitrogens with zero attached hydrogens (tertiary/aromatic N) is 3. The van der Waals surface area contributed by atoms with Gasteiger partial charge in [-0.05, 0) is 26.4 Å². The molecule has 0 aliphatic carbocycles. The smallest absolute Gasteiger partial charge is 0.419 e. The van der Waals surface area contributed by atoms with Gasteiger partial charge in [0, 0.05) is 18.9 Å². The molecule has 2 heterocycles. The largest absolute Gasteiger partial charge is 0.459 e. The Morgan fingerprint density at radius 2 is 2.00 bits per heavy atom. The summed E-state index contributed by atoms with van der Waals surface area (Å²) in [5, 5.41) is 0. The van der Waals surface area contributed by atoms with E-state index in [9.17, 15) is 13.2 Å². The van der Waals surface area contributed by atoms with Crippen molar-refractivity contribution in [2.24, 2.45) is 0 Å². The lowest BCUT2D eigenvalue weighted by Gasteiger charge is -2.29. The number of hydrogen-bond donors (Lipinski definition) is 0. The minimum atomic E-state index is -4.41. The highest BCUT2D eigenvalue weighted by Gasteiger charge is 2.31. The van der Waals surface area contributed by atoms with Crippen LogP contribution in [0.5, 0.6) is 6.01 Å². The molecule has 1 aromatic rings. The second kappa shape index (κ2) is 5.09. The highest BCUT2D eigenvalue weighted by Crippen LogP contribution is 2.28. The molecular weight excluding hydrogens is 247 g/mol. The van der Waals surface area contributed by atoms with Crippen molar-refractivity contribution in [1.29, 1.82) is 0 Å². The Hall–Kier alpha value is -1.37. The summed E-state index contributed by atoms with van der Waals surface area (Å²) in [4.78, 5) is 9.29. The number of alkyl halides is 3. The highest BCUT2D eigenvalue weighted by atomic mass is 19.4. The molecule has 4 nitrogen and oxygen atoms in total. The van der Waals surface area contributed by atoms with Crippen molar-refractivity contribution >= 4 is 0 Å². The normalized spacial score (nSPS) is 21.9. The monoisotopic (exact) mass is 261 g/mol. The van der Waals surface area contributed by atoms with Crippen LogP contribution in [0.3, 0.4) is 0 Å². The first-order valence-electron chi connectivity index (χ1n) is 5.69. The first-order valence-corrected chi connectivity index (χ1v) is 5.69. The SMILES string of the molecule is CN1CCCC(Oc2ncc(C(F)(F)F)cn2)C1. The fourth-order valence-corrected chi connectivity index (χ4v) is 1.89. The maximum atomic E-state index is 12.3. The first kappa shape index (κ1) is 13.1. The van der Waals surface area contributed by atoms with Crippen molar-refractivity contribution < 1.29 is 17.9 Å². The standard InChI is InChI=1S/C11H14F3N3O/c1-17-4-2-3-9(7-17)18-10-15-5-8(6-16-10)11(12,13)14/h5-6,9H,2-4,7H2,1H3. The zero-order valence-electron chi connectivity index (χ0n) is 9.94. The molecule has 0 amide bonds. The molecule has 7 heteroatoms. The maximum Gasteiger partial charge on any atom is 0.419 e. The van der Waals surface area contributed by atoms with Crippen molar-refractivity contribution in [3.05, 3.63) is 18.0 Å². The molecule has 100 valence electrons. The van der Waals surface area contributed by atoms with Gasteiger partial charge < -0.3 is 9.64 Å². The van der Waals surface area contributed by atoms with Crippen LogP contribution in [-0.4, -0.2) is 41.1 Å². The van der Waals surface area contributed by atoms with Crippen molar-refractivity contribution in [2.45, 2.75) is 25.1 Å². The minimum Gasteiger partial charge on any atom is -0.459 e. The Kier molecular flexibility index (Phi) is 3.70. The summed E-state index contributed by atoms with van der Waals surface area (Å²) in [6.45, 7) is 1.75. The molecule has 1 fully saturated rings. The van der Waals surface area contributed by atoms with Crippen LogP contribution < -0.4 is 4.74 Å². The van der Waals surface area contributed by atoms with E-state index in [2.05, 4.69) is 14.9 Å². The topological polar surface area (TPSA) is 38.2 Å². The van der Waals surface area contributed by atoms with E-state index in [-0.39, 0.29) is 12.1 Å². The van der Waals surface area contributed by atoms with E-state index >= 15 is 0 Å². The molecule has 1 atom stereocenters. The average molecular weight is 261 g/mol. The summed E-state index contributed by atoms with van der Waals surface area (Å²) >= 11 is 0. The molecule has 1 unspecified atom stereocenters. The summed E-state index contributed by atoms with van der Waals surface area (Å²) in [5.74, 6) is 0. The Bertz CT molecular complexity index is 394. The molecule has 0 saturated carbocycles. The van der Waals surface area contributed by atoms with Gasteiger partial charge >= 0.3 is 12.2 Å². The van der Waals surface area contributed by atoms with Crippen molar-refractivity contribution in [3.63, 3.8) is 0 Å². The molecule has 2 rings (SSSR count). The lowest BCUT2D eigenvalue weighted by atomic mass is 10.1. The van der Waals surface area contributed by atoms with E-state index in [1.54, 1.807) is 0 Å². The van der Waals surface area contributed by atoms with E-state index in [1.807, 2.05) is 7.05 Å². The third kappa shape index (κ3) is 3.32. The van der Waals surface area contributed by atoms with Gasteiger partial charge in [0.15, 0.2) is 0 Å². The van der Waals surface area contributed by atoms with E-state index in [0.29, 0.717) is 0 Å². The van der Waals surface area contributed by atoms with Crippen LogP contribution >= 0.6 is 0 Å². The number of likely N-dealkylation sites (N-methyl/N-ethyl adjacent to an activating group) is 1. The second-order valence-corrected chi connectivity index (χ2v) is 4.40. The van der Waals surface area contributed by atoms with Gasteiger partial charge in [-0.15, -0.1) is 0 Å². The molecule has 18 heavy (non-hydrogen) atoms. The average Bonchev–Trinajstić information content (AvgIpc) is 2.28. The molecule has 1 saturated heterocycles. The maximum absolute atomic E-state index is 12.3. The van der Waals surface area contributed by atoms with Crippen LogP contribution in [0.1, 0.15) is 18.4 Å². The van der Waals surface area contributed by atoms with Crippen LogP contribution in [0, 0.1) is 0 Å². The quantitative estimate of drug-likeness (QED) is 0.815. The summed E-state index contributed by atoms with van der Waals surface area (Å²) in [6, 6.07) is 0.00306. The summed E-state index contributed by atoms with van der Waals surface area (Å²) in [5.41, 5.74) is -0.865.